The zero-order valence-electron chi connectivity index (χ0n) is 13.0. The number of nitriles is 1. The first-order valence-corrected chi connectivity index (χ1v) is 8.41. The van der Waals surface area contributed by atoms with E-state index in [0.29, 0.717) is 22.6 Å². The SMILES string of the molecule is CCN(CC)CCn1c(SCC#N)nc2ccccc2c1=O. The van der Waals surface area contributed by atoms with E-state index in [2.05, 4.69) is 29.8 Å². The molecular weight excluding hydrogens is 296 g/mol. The van der Waals surface area contributed by atoms with Gasteiger partial charge in [0.1, 0.15) is 0 Å². The highest BCUT2D eigenvalue weighted by Gasteiger charge is 2.12. The minimum Gasteiger partial charge on any atom is -0.302 e. The molecule has 0 radical (unpaired) electrons. The Labute approximate surface area is 134 Å². The molecular formula is C16H20N4OS. The van der Waals surface area contributed by atoms with Gasteiger partial charge in [0.25, 0.3) is 5.56 Å². The maximum absolute atomic E-state index is 12.7. The standard InChI is InChI=1S/C16H20N4OS/c1-3-19(4-2)10-11-20-15(21)13-7-5-6-8-14(13)18-16(20)22-12-9-17/h5-8H,3-4,10-12H2,1-2H3. The summed E-state index contributed by atoms with van der Waals surface area (Å²) < 4.78 is 1.70. The molecule has 0 aliphatic heterocycles. The maximum atomic E-state index is 12.7. The number of hydrogen-bond donors (Lipinski definition) is 0. The zero-order valence-corrected chi connectivity index (χ0v) is 13.8. The predicted octanol–water partition coefficient (Wildman–Crippen LogP) is 2.35. The molecule has 0 unspecified atom stereocenters. The second kappa shape index (κ2) is 7.97. The van der Waals surface area contributed by atoms with Gasteiger partial charge in [-0.1, -0.05) is 37.7 Å². The quantitative estimate of drug-likeness (QED) is 0.579. The van der Waals surface area contributed by atoms with Gasteiger partial charge < -0.3 is 4.90 Å². The summed E-state index contributed by atoms with van der Waals surface area (Å²) in [6.45, 7) is 7.51. The third-order valence-corrected chi connectivity index (χ3v) is 4.47. The van der Waals surface area contributed by atoms with Crippen molar-refractivity contribution in [2.45, 2.75) is 25.5 Å². The minimum absolute atomic E-state index is 0.0294. The largest absolute Gasteiger partial charge is 0.302 e. The van der Waals surface area contributed by atoms with Gasteiger partial charge in [0.15, 0.2) is 5.16 Å². The van der Waals surface area contributed by atoms with Gasteiger partial charge >= 0.3 is 0 Å². The summed E-state index contributed by atoms with van der Waals surface area (Å²) in [6, 6.07) is 9.45. The lowest BCUT2D eigenvalue weighted by molar-refractivity contribution is 0.284. The summed E-state index contributed by atoms with van der Waals surface area (Å²) in [5.41, 5.74) is 0.658. The van der Waals surface area contributed by atoms with Crippen LogP contribution < -0.4 is 5.56 Å². The second-order valence-corrected chi connectivity index (χ2v) is 5.78. The molecule has 0 aliphatic carbocycles. The van der Waals surface area contributed by atoms with Crippen molar-refractivity contribution in [1.29, 1.82) is 5.26 Å². The van der Waals surface area contributed by atoms with Crippen LogP contribution in [0, 0.1) is 11.3 Å². The van der Waals surface area contributed by atoms with E-state index in [1.165, 1.54) is 11.8 Å². The van der Waals surface area contributed by atoms with Gasteiger partial charge in [0.2, 0.25) is 0 Å². The van der Waals surface area contributed by atoms with Crippen LogP contribution in [0.1, 0.15) is 13.8 Å². The average Bonchev–Trinajstić information content (AvgIpc) is 2.55. The molecule has 0 aliphatic rings. The fraction of sp³-hybridized carbons (Fsp3) is 0.438. The molecule has 1 aromatic heterocycles. The number of aromatic nitrogens is 2. The molecule has 0 saturated heterocycles. The highest BCUT2D eigenvalue weighted by Crippen LogP contribution is 2.17. The van der Waals surface area contributed by atoms with Gasteiger partial charge in [-0.3, -0.25) is 9.36 Å². The summed E-state index contributed by atoms with van der Waals surface area (Å²) in [7, 11) is 0. The van der Waals surface area contributed by atoms with E-state index in [1.807, 2.05) is 18.2 Å². The van der Waals surface area contributed by atoms with Crippen molar-refractivity contribution in [3.63, 3.8) is 0 Å². The van der Waals surface area contributed by atoms with Crippen LogP contribution in [-0.4, -0.2) is 39.8 Å². The van der Waals surface area contributed by atoms with Crippen molar-refractivity contribution in [2.24, 2.45) is 0 Å². The van der Waals surface area contributed by atoms with E-state index < -0.39 is 0 Å². The van der Waals surface area contributed by atoms with E-state index in [1.54, 1.807) is 10.6 Å². The number of para-hydroxylation sites is 1. The maximum Gasteiger partial charge on any atom is 0.262 e. The van der Waals surface area contributed by atoms with Gasteiger partial charge in [-0.15, -0.1) is 0 Å². The summed E-state index contributed by atoms with van der Waals surface area (Å²) in [5, 5.41) is 10.1. The Morgan fingerprint density at radius 2 is 2.05 bits per heavy atom. The molecule has 2 rings (SSSR count). The van der Waals surface area contributed by atoms with E-state index in [9.17, 15) is 4.79 Å². The molecule has 0 fully saturated rings. The molecule has 0 atom stereocenters. The lowest BCUT2D eigenvalue weighted by Gasteiger charge is -2.19. The van der Waals surface area contributed by atoms with Gasteiger partial charge in [0.05, 0.1) is 22.7 Å². The summed E-state index contributed by atoms with van der Waals surface area (Å²) in [4.78, 5) is 19.5. The molecule has 5 nitrogen and oxygen atoms in total. The van der Waals surface area contributed by atoms with Crippen LogP contribution in [-0.2, 0) is 6.54 Å². The molecule has 22 heavy (non-hydrogen) atoms. The summed E-state index contributed by atoms with van der Waals surface area (Å²) in [6.07, 6.45) is 0. The van der Waals surface area contributed by atoms with Crippen LogP contribution in [0.3, 0.4) is 0 Å². The number of benzene rings is 1. The van der Waals surface area contributed by atoms with Crippen LogP contribution in [0.4, 0.5) is 0 Å². The van der Waals surface area contributed by atoms with Crippen molar-refractivity contribution >= 4 is 22.7 Å². The molecule has 0 amide bonds. The van der Waals surface area contributed by atoms with Gasteiger partial charge in [-0.05, 0) is 25.2 Å². The highest BCUT2D eigenvalue weighted by molar-refractivity contribution is 7.99. The van der Waals surface area contributed by atoms with Crippen LogP contribution in [0.25, 0.3) is 10.9 Å². The first-order valence-electron chi connectivity index (χ1n) is 7.42. The topological polar surface area (TPSA) is 61.9 Å². The minimum atomic E-state index is -0.0294. The Kier molecular flexibility index (Phi) is 5.99. The fourth-order valence-electron chi connectivity index (χ4n) is 2.33. The van der Waals surface area contributed by atoms with Crippen molar-refractivity contribution in [3.05, 3.63) is 34.6 Å². The molecule has 0 spiro atoms. The Bertz CT molecular complexity index is 731. The van der Waals surface area contributed by atoms with Gasteiger partial charge in [-0.25, -0.2) is 4.98 Å². The Balaban J connectivity index is 2.42. The molecule has 116 valence electrons. The summed E-state index contributed by atoms with van der Waals surface area (Å²) >= 11 is 1.32. The molecule has 6 heteroatoms. The third kappa shape index (κ3) is 3.67. The Morgan fingerprint density at radius 1 is 1.32 bits per heavy atom. The molecule has 0 saturated carbocycles. The molecule has 0 N–H and O–H groups in total. The third-order valence-electron chi connectivity index (χ3n) is 3.63. The lowest BCUT2D eigenvalue weighted by Crippen LogP contribution is -2.32. The zero-order chi connectivity index (χ0) is 15.9. The number of nitrogens with zero attached hydrogens (tertiary/aromatic N) is 4. The Morgan fingerprint density at radius 3 is 2.73 bits per heavy atom. The first-order chi connectivity index (χ1) is 10.7. The van der Waals surface area contributed by atoms with Crippen LogP contribution in [0.5, 0.6) is 0 Å². The molecule has 1 heterocycles. The van der Waals surface area contributed by atoms with E-state index in [4.69, 9.17) is 5.26 Å². The van der Waals surface area contributed by atoms with Crippen LogP contribution in [0.15, 0.2) is 34.2 Å². The van der Waals surface area contributed by atoms with Crippen molar-refractivity contribution in [1.82, 2.24) is 14.5 Å². The summed E-state index contributed by atoms with van der Waals surface area (Å²) in [5.74, 6) is 0.288. The van der Waals surface area contributed by atoms with Crippen LogP contribution in [0.2, 0.25) is 0 Å². The number of thioether (sulfide) groups is 1. The highest BCUT2D eigenvalue weighted by atomic mass is 32.2. The van der Waals surface area contributed by atoms with Crippen LogP contribution >= 0.6 is 11.8 Å². The van der Waals surface area contributed by atoms with E-state index >= 15 is 0 Å². The van der Waals surface area contributed by atoms with E-state index in [-0.39, 0.29) is 11.3 Å². The molecule has 2 aromatic rings. The smallest absolute Gasteiger partial charge is 0.262 e. The van der Waals surface area contributed by atoms with Gasteiger partial charge in [-0.2, -0.15) is 5.26 Å². The predicted molar refractivity (Wildman–Crippen MR) is 90.1 cm³/mol. The first kappa shape index (κ1) is 16.5. The number of likely N-dealkylation sites (N-methyl/N-ethyl adjacent to an activating group) is 1. The van der Waals surface area contributed by atoms with Gasteiger partial charge in [0, 0.05) is 13.1 Å². The van der Waals surface area contributed by atoms with Crippen molar-refractivity contribution < 1.29 is 0 Å². The number of fused-ring (bicyclic) bond motifs is 1. The fourth-order valence-corrected chi connectivity index (χ4v) is 3.02. The average molecular weight is 316 g/mol. The molecule has 0 bridgehead atoms. The normalized spacial score (nSPS) is 11.0. The molecule has 1 aromatic carbocycles. The number of hydrogen-bond acceptors (Lipinski definition) is 5. The van der Waals surface area contributed by atoms with Crippen molar-refractivity contribution in [2.75, 3.05) is 25.4 Å². The Hall–Kier alpha value is -1.84. The van der Waals surface area contributed by atoms with Crippen molar-refractivity contribution in [3.8, 4) is 6.07 Å². The monoisotopic (exact) mass is 316 g/mol. The number of rotatable bonds is 7. The second-order valence-electron chi connectivity index (χ2n) is 4.84. The lowest BCUT2D eigenvalue weighted by atomic mass is 10.2. The van der Waals surface area contributed by atoms with E-state index in [0.717, 1.165) is 19.6 Å².